The minimum Gasteiger partial charge on any atom is -0.377 e. The Bertz CT molecular complexity index is 474. The zero-order valence-corrected chi connectivity index (χ0v) is 13.2. The number of likely N-dealkylation sites (tertiary alicyclic amines) is 1. The van der Waals surface area contributed by atoms with Crippen molar-refractivity contribution in [3.05, 3.63) is 17.7 Å². The number of methoxy groups -OCH3 is 1. The quantitative estimate of drug-likeness (QED) is 0.828. The summed E-state index contributed by atoms with van der Waals surface area (Å²) in [5, 5.41) is 2.68. The lowest BCUT2D eigenvalue weighted by Crippen LogP contribution is -2.49. The van der Waals surface area contributed by atoms with Crippen LogP contribution in [0.25, 0.3) is 0 Å². The van der Waals surface area contributed by atoms with Crippen molar-refractivity contribution in [3.63, 3.8) is 0 Å². The first-order valence-corrected chi connectivity index (χ1v) is 7.55. The third-order valence-corrected chi connectivity index (χ3v) is 4.45. The molecule has 118 valence electrons. The highest BCUT2D eigenvalue weighted by molar-refractivity contribution is 5.75. The van der Waals surface area contributed by atoms with E-state index in [1.54, 1.807) is 20.5 Å². The summed E-state index contributed by atoms with van der Waals surface area (Å²) >= 11 is 0. The molecule has 2 heterocycles. The minimum atomic E-state index is -0.213. The topological polar surface area (TPSA) is 70.2 Å². The number of piperidine rings is 1. The number of aromatic amines is 1. The van der Waals surface area contributed by atoms with E-state index in [1.807, 2.05) is 6.92 Å². The molecule has 0 bridgehead atoms. The minimum absolute atomic E-state index is 0.0756. The summed E-state index contributed by atoms with van der Waals surface area (Å²) < 4.78 is 5.80. The molecule has 1 amide bonds. The van der Waals surface area contributed by atoms with E-state index in [0.717, 1.165) is 50.3 Å². The molecule has 21 heavy (non-hydrogen) atoms. The average molecular weight is 294 g/mol. The van der Waals surface area contributed by atoms with Crippen LogP contribution in [0.5, 0.6) is 0 Å². The van der Waals surface area contributed by atoms with Gasteiger partial charge in [-0.2, -0.15) is 0 Å². The van der Waals surface area contributed by atoms with Crippen LogP contribution < -0.4 is 5.32 Å². The molecular formula is C15H26N4O2. The molecule has 1 aromatic heterocycles. The van der Waals surface area contributed by atoms with E-state index in [-0.39, 0.29) is 11.5 Å². The fourth-order valence-corrected chi connectivity index (χ4v) is 3.02. The zero-order chi connectivity index (χ0) is 15.3. The summed E-state index contributed by atoms with van der Waals surface area (Å²) in [5.74, 6) is 0.0756. The molecule has 0 radical (unpaired) electrons. The summed E-state index contributed by atoms with van der Waals surface area (Å²) in [6.45, 7) is 4.78. The monoisotopic (exact) mass is 294 g/mol. The molecule has 1 aliphatic rings. The van der Waals surface area contributed by atoms with Crippen LogP contribution in [0.15, 0.2) is 6.33 Å². The van der Waals surface area contributed by atoms with Gasteiger partial charge in [0.15, 0.2) is 0 Å². The molecule has 0 saturated carbocycles. The second-order valence-corrected chi connectivity index (χ2v) is 5.85. The summed E-state index contributed by atoms with van der Waals surface area (Å²) in [5.41, 5.74) is 2.00. The molecule has 2 rings (SSSR count). The summed E-state index contributed by atoms with van der Waals surface area (Å²) in [4.78, 5) is 21.4. The molecule has 0 aromatic carbocycles. The number of aryl methyl sites for hydroxylation is 1. The lowest BCUT2D eigenvalue weighted by atomic mass is 9.87. The molecule has 0 unspecified atom stereocenters. The number of aromatic nitrogens is 2. The second kappa shape index (κ2) is 7.04. The Morgan fingerprint density at radius 2 is 2.43 bits per heavy atom. The number of H-pyrrole nitrogens is 1. The number of ether oxygens (including phenoxy) is 1. The number of hydrogen-bond donors (Lipinski definition) is 2. The predicted octanol–water partition coefficient (Wildman–Crippen LogP) is 1.23. The molecular weight excluding hydrogens is 268 g/mol. The van der Waals surface area contributed by atoms with Crippen molar-refractivity contribution in [2.45, 2.75) is 44.8 Å². The van der Waals surface area contributed by atoms with E-state index in [4.69, 9.17) is 4.74 Å². The Morgan fingerprint density at radius 3 is 3.05 bits per heavy atom. The normalized spacial score (nSPS) is 23.2. The first-order valence-electron chi connectivity index (χ1n) is 7.55. The van der Waals surface area contributed by atoms with E-state index in [9.17, 15) is 4.79 Å². The van der Waals surface area contributed by atoms with Crippen LogP contribution in [-0.4, -0.2) is 53.6 Å². The maximum Gasteiger partial charge on any atom is 0.219 e. The van der Waals surface area contributed by atoms with Gasteiger partial charge in [0.2, 0.25) is 5.91 Å². The Balaban J connectivity index is 1.96. The highest BCUT2D eigenvalue weighted by Crippen LogP contribution is 2.30. The van der Waals surface area contributed by atoms with Crippen LogP contribution in [0.3, 0.4) is 0 Å². The highest BCUT2D eigenvalue weighted by atomic mass is 16.5. The maximum atomic E-state index is 11.5. The van der Waals surface area contributed by atoms with Crippen molar-refractivity contribution in [2.75, 3.05) is 27.2 Å². The van der Waals surface area contributed by atoms with Gasteiger partial charge >= 0.3 is 0 Å². The maximum absolute atomic E-state index is 11.5. The van der Waals surface area contributed by atoms with E-state index < -0.39 is 0 Å². The highest BCUT2D eigenvalue weighted by Gasteiger charge is 2.35. The van der Waals surface area contributed by atoms with Gasteiger partial charge in [-0.25, -0.2) is 4.98 Å². The second-order valence-electron chi connectivity index (χ2n) is 5.85. The van der Waals surface area contributed by atoms with Crippen molar-refractivity contribution in [3.8, 4) is 0 Å². The molecule has 6 heteroatoms. The van der Waals surface area contributed by atoms with Crippen LogP contribution in [0.1, 0.15) is 37.1 Å². The Kier molecular flexibility index (Phi) is 5.36. The third kappa shape index (κ3) is 4.04. The van der Waals surface area contributed by atoms with Gasteiger partial charge in [-0.1, -0.05) is 0 Å². The SMILES string of the molecule is CNC(=O)CC[C@@]1(OC)CCCN(Cc2nc[nH]c2C)C1. The largest absolute Gasteiger partial charge is 0.377 e. The number of nitrogens with zero attached hydrogens (tertiary/aromatic N) is 2. The number of imidazole rings is 1. The Labute approximate surface area is 126 Å². The number of carbonyl (C=O) groups is 1. The number of hydrogen-bond acceptors (Lipinski definition) is 4. The van der Waals surface area contributed by atoms with Gasteiger partial charge in [0.25, 0.3) is 0 Å². The van der Waals surface area contributed by atoms with Gasteiger partial charge in [-0.3, -0.25) is 9.69 Å². The van der Waals surface area contributed by atoms with Crippen molar-refractivity contribution >= 4 is 5.91 Å². The molecule has 1 atom stereocenters. The number of rotatable bonds is 6. The van der Waals surface area contributed by atoms with Crippen LogP contribution in [0.4, 0.5) is 0 Å². The first kappa shape index (κ1) is 16.0. The smallest absolute Gasteiger partial charge is 0.219 e. The van der Waals surface area contributed by atoms with Gasteiger partial charge in [-0.15, -0.1) is 0 Å². The first-order chi connectivity index (χ1) is 10.1. The molecule has 1 aromatic rings. The van der Waals surface area contributed by atoms with Gasteiger partial charge in [-0.05, 0) is 32.7 Å². The summed E-state index contributed by atoms with van der Waals surface area (Å²) in [7, 11) is 3.43. The van der Waals surface area contributed by atoms with Gasteiger partial charge in [0.05, 0.1) is 17.6 Å². The average Bonchev–Trinajstić information content (AvgIpc) is 2.90. The third-order valence-electron chi connectivity index (χ3n) is 4.45. The zero-order valence-electron chi connectivity index (χ0n) is 13.2. The predicted molar refractivity (Wildman–Crippen MR) is 80.9 cm³/mol. The van der Waals surface area contributed by atoms with E-state index >= 15 is 0 Å². The molecule has 1 aliphatic heterocycles. The summed E-state index contributed by atoms with van der Waals surface area (Å²) in [6, 6.07) is 0. The molecule has 1 fully saturated rings. The van der Waals surface area contributed by atoms with Crippen molar-refractivity contribution in [1.29, 1.82) is 0 Å². The van der Waals surface area contributed by atoms with E-state index in [0.29, 0.717) is 6.42 Å². The molecule has 1 saturated heterocycles. The standard InChI is InChI=1S/C15H26N4O2/c1-12-13(18-11-17-12)9-19-8-4-6-15(10-19,21-3)7-5-14(20)16-2/h11H,4-10H2,1-3H3,(H,16,20)(H,17,18)/t15-/m0/s1. The summed E-state index contributed by atoms with van der Waals surface area (Å²) in [6.07, 6.45) is 5.12. The van der Waals surface area contributed by atoms with E-state index in [1.165, 1.54) is 0 Å². The van der Waals surface area contributed by atoms with Crippen molar-refractivity contribution < 1.29 is 9.53 Å². The number of carbonyl (C=O) groups excluding carboxylic acids is 1. The number of nitrogens with one attached hydrogen (secondary N) is 2. The molecule has 0 aliphatic carbocycles. The lowest BCUT2D eigenvalue weighted by Gasteiger charge is -2.41. The van der Waals surface area contributed by atoms with Crippen molar-refractivity contribution in [1.82, 2.24) is 20.2 Å². The van der Waals surface area contributed by atoms with Crippen LogP contribution >= 0.6 is 0 Å². The number of amides is 1. The fourth-order valence-electron chi connectivity index (χ4n) is 3.02. The van der Waals surface area contributed by atoms with Crippen LogP contribution in [0, 0.1) is 6.92 Å². The van der Waals surface area contributed by atoms with Crippen LogP contribution in [0.2, 0.25) is 0 Å². The van der Waals surface area contributed by atoms with Gasteiger partial charge in [0, 0.05) is 39.4 Å². The van der Waals surface area contributed by atoms with Gasteiger partial charge < -0.3 is 15.0 Å². The van der Waals surface area contributed by atoms with Crippen LogP contribution in [-0.2, 0) is 16.1 Å². The van der Waals surface area contributed by atoms with Gasteiger partial charge in [0.1, 0.15) is 0 Å². The van der Waals surface area contributed by atoms with E-state index in [2.05, 4.69) is 20.2 Å². The molecule has 2 N–H and O–H groups in total. The Hall–Kier alpha value is -1.40. The molecule has 0 spiro atoms. The van der Waals surface area contributed by atoms with Crippen molar-refractivity contribution in [2.24, 2.45) is 0 Å². The fraction of sp³-hybridized carbons (Fsp3) is 0.733. The lowest BCUT2D eigenvalue weighted by molar-refractivity contribution is -0.124. The molecule has 6 nitrogen and oxygen atoms in total. The Morgan fingerprint density at radius 1 is 1.62 bits per heavy atom.